The van der Waals surface area contributed by atoms with Gasteiger partial charge in [-0.25, -0.2) is 4.79 Å². The number of ether oxygens (including phenoxy) is 1. The number of hydrogen-bond acceptors (Lipinski definition) is 4. The van der Waals surface area contributed by atoms with Crippen molar-refractivity contribution in [2.45, 2.75) is 19.1 Å². The molecule has 0 aromatic heterocycles. The summed E-state index contributed by atoms with van der Waals surface area (Å²) in [6.45, 7) is 2.81. The number of carboxylic acids is 1. The average molecular weight is 473 g/mol. The van der Waals surface area contributed by atoms with Gasteiger partial charge in [0.2, 0.25) is 0 Å². The molecule has 0 aliphatic carbocycles. The highest BCUT2D eigenvalue weighted by atomic mass is 35.5. The summed E-state index contributed by atoms with van der Waals surface area (Å²) in [5.74, 6) is -0.188. The van der Waals surface area contributed by atoms with Gasteiger partial charge in [0.1, 0.15) is 17.5 Å². The fourth-order valence-electron chi connectivity index (χ4n) is 4.18. The van der Waals surface area contributed by atoms with Crippen LogP contribution < -0.4 is 10.1 Å². The zero-order valence-corrected chi connectivity index (χ0v) is 19.5. The van der Waals surface area contributed by atoms with Crippen LogP contribution in [0.5, 0.6) is 5.75 Å². The first kappa shape index (κ1) is 23.5. The van der Waals surface area contributed by atoms with Crippen LogP contribution in [0.2, 0.25) is 0 Å². The molecule has 2 N–H and O–H groups in total. The number of carboxylic acid groups (broad SMARTS) is 1. The topological polar surface area (TPSA) is 70.9 Å². The second-order valence-electron chi connectivity index (χ2n) is 8.20. The fraction of sp³-hybridized carbons (Fsp3) is 0.143. The van der Waals surface area contributed by atoms with Crippen molar-refractivity contribution in [2.75, 3.05) is 6.54 Å². The molecule has 1 aliphatic rings. The van der Waals surface area contributed by atoms with Gasteiger partial charge in [0.15, 0.2) is 0 Å². The Morgan fingerprint density at radius 1 is 1.00 bits per heavy atom. The third kappa shape index (κ3) is 4.81. The van der Waals surface area contributed by atoms with Crippen molar-refractivity contribution in [3.05, 3.63) is 96.1 Å². The Morgan fingerprint density at radius 3 is 2.53 bits per heavy atom. The summed E-state index contributed by atoms with van der Waals surface area (Å²) in [6.07, 6.45) is 1.68. The smallest absolute Gasteiger partial charge is 0.335 e. The number of nitrogens with zero attached hydrogens (tertiary/aromatic N) is 1. The average Bonchev–Trinajstić information content (AvgIpc) is 2.86. The van der Waals surface area contributed by atoms with Gasteiger partial charge < -0.3 is 15.2 Å². The number of halogens is 1. The van der Waals surface area contributed by atoms with Gasteiger partial charge in [-0.05, 0) is 58.7 Å². The van der Waals surface area contributed by atoms with E-state index in [9.17, 15) is 4.79 Å². The minimum Gasteiger partial charge on any atom is -0.481 e. The predicted molar refractivity (Wildman–Crippen MR) is 139 cm³/mol. The zero-order valence-electron chi connectivity index (χ0n) is 18.6. The normalized spacial score (nSPS) is 15.1. The molecule has 4 aromatic carbocycles. The molecule has 5 rings (SSSR count). The van der Waals surface area contributed by atoms with E-state index in [1.54, 1.807) is 24.3 Å². The number of fused-ring (bicyclic) bond motifs is 2. The Kier molecular flexibility index (Phi) is 6.96. The van der Waals surface area contributed by atoms with Crippen LogP contribution in [0.1, 0.15) is 28.9 Å². The molecule has 5 nitrogen and oxygen atoms in total. The predicted octanol–water partition coefficient (Wildman–Crippen LogP) is 6.44. The van der Waals surface area contributed by atoms with Crippen LogP contribution in [0.4, 0.5) is 5.69 Å². The van der Waals surface area contributed by atoms with Gasteiger partial charge in [-0.3, -0.25) is 4.99 Å². The van der Waals surface area contributed by atoms with Crippen LogP contribution in [-0.2, 0) is 0 Å². The summed E-state index contributed by atoms with van der Waals surface area (Å²) in [5, 5.41) is 15.2. The molecule has 0 spiro atoms. The van der Waals surface area contributed by atoms with Gasteiger partial charge in [0, 0.05) is 18.8 Å². The van der Waals surface area contributed by atoms with Gasteiger partial charge in [-0.1, -0.05) is 60.7 Å². The summed E-state index contributed by atoms with van der Waals surface area (Å²) in [7, 11) is 0. The maximum absolute atomic E-state index is 11.1. The van der Waals surface area contributed by atoms with Crippen molar-refractivity contribution in [1.29, 1.82) is 0 Å². The molecule has 172 valence electrons. The number of benzene rings is 4. The summed E-state index contributed by atoms with van der Waals surface area (Å²) in [5.41, 5.74) is 4.21. The Hall–Kier alpha value is -3.67. The monoisotopic (exact) mass is 472 g/mol. The first-order chi connectivity index (χ1) is 16.1. The number of rotatable bonds is 6. The Balaban J connectivity index is 0.00000274. The van der Waals surface area contributed by atoms with E-state index in [4.69, 9.17) is 9.84 Å². The quantitative estimate of drug-likeness (QED) is 0.338. The van der Waals surface area contributed by atoms with E-state index in [1.165, 1.54) is 16.3 Å². The lowest BCUT2D eigenvalue weighted by Gasteiger charge is -2.24. The second kappa shape index (κ2) is 10.1. The molecule has 0 amide bonds. The first-order valence-electron chi connectivity index (χ1n) is 11.0. The maximum Gasteiger partial charge on any atom is 0.335 e. The van der Waals surface area contributed by atoms with E-state index in [-0.39, 0.29) is 30.1 Å². The van der Waals surface area contributed by atoms with Gasteiger partial charge >= 0.3 is 5.97 Å². The molecule has 0 bridgehead atoms. The molecular weight excluding hydrogens is 448 g/mol. The number of aromatic carboxylic acids is 1. The molecule has 4 aromatic rings. The SMILES string of the molecule is C[C@@H](NCC1C=Nc2cc(-c3ccc(C(=O)O)cc3)ccc2O1)c1cccc2ccccc12.Cl. The van der Waals surface area contributed by atoms with E-state index in [2.05, 4.69) is 59.7 Å². The van der Waals surface area contributed by atoms with Crippen LogP contribution >= 0.6 is 12.4 Å². The van der Waals surface area contributed by atoms with E-state index in [0.29, 0.717) is 6.54 Å². The summed E-state index contributed by atoms with van der Waals surface area (Å²) < 4.78 is 6.16. The van der Waals surface area contributed by atoms with Gasteiger partial charge in [-0.15, -0.1) is 12.4 Å². The number of carbonyl (C=O) groups is 1. The molecule has 6 heteroatoms. The second-order valence-corrected chi connectivity index (χ2v) is 8.20. The minimum atomic E-state index is -0.931. The van der Waals surface area contributed by atoms with Crippen LogP contribution in [0.3, 0.4) is 0 Å². The van der Waals surface area contributed by atoms with Crippen LogP contribution in [0, 0.1) is 0 Å². The molecule has 1 unspecified atom stereocenters. The maximum atomic E-state index is 11.1. The highest BCUT2D eigenvalue weighted by molar-refractivity contribution is 5.88. The Morgan fingerprint density at radius 2 is 1.74 bits per heavy atom. The van der Waals surface area contributed by atoms with Crippen molar-refractivity contribution >= 4 is 41.1 Å². The zero-order chi connectivity index (χ0) is 22.8. The number of nitrogens with one attached hydrogen (secondary N) is 1. The van der Waals surface area contributed by atoms with Crippen molar-refractivity contribution in [3.8, 4) is 16.9 Å². The largest absolute Gasteiger partial charge is 0.481 e. The van der Waals surface area contributed by atoms with E-state index < -0.39 is 5.97 Å². The van der Waals surface area contributed by atoms with Crippen LogP contribution in [-0.4, -0.2) is 29.9 Å². The van der Waals surface area contributed by atoms with E-state index in [0.717, 1.165) is 22.6 Å². The lowest BCUT2D eigenvalue weighted by atomic mass is 9.99. The van der Waals surface area contributed by atoms with Gasteiger partial charge in [-0.2, -0.15) is 0 Å². The molecule has 2 atom stereocenters. The van der Waals surface area contributed by atoms with Crippen LogP contribution in [0.25, 0.3) is 21.9 Å². The fourth-order valence-corrected chi connectivity index (χ4v) is 4.18. The van der Waals surface area contributed by atoms with Crippen molar-refractivity contribution in [1.82, 2.24) is 5.32 Å². The summed E-state index contributed by atoms with van der Waals surface area (Å²) >= 11 is 0. The van der Waals surface area contributed by atoms with E-state index in [1.807, 2.05) is 24.4 Å². The molecule has 0 saturated carbocycles. The number of hydrogen-bond donors (Lipinski definition) is 2. The third-order valence-corrected chi connectivity index (χ3v) is 6.00. The molecular formula is C28H25ClN2O3. The highest BCUT2D eigenvalue weighted by Crippen LogP contribution is 2.35. The van der Waals surface area contributed by atoms with Crippen molar-refractivity contribution < 1.29 is 14.6 Å². The molecule has 34 heavy (non-hydrogen) atoms. The van der Waals surface area contributed by atoms with Gasteiger partial charge in [0.25, 0.3) is 0 Å². The van der Waals surface area contributed by atoms with Crippen LogP contribution in [0.15, 0.2) is 89.9 Å². The number of aliphatic imine (C=N–C) groups is 1. The molecule has 0 radical (unpaired) electrons. The summed E-state index contributed by atoms with van der Waals surface area (Å²) in [4.78, 5) is 15.7. The molecule has 1 heterocycles. The summed E-state index contributed by atoms with van der Waals surface area (Å²) in [6, 6.07) is 27.7. The van der Waals surface area contributed by atoms with E-state index >= 15 is 0 Å². The lowest BCUT2D eigenvalue weighted by molar-refractivity contribution is 0.0697. The van der Waals surface area contributed by atoms with Gasteiger partial charge in [0.05, 0.1) is 5.56 Å². The minimum absolute atomic E-state index is 0. The standard InChI is InChI=1S/C28H24N2O3.ClH/c1-18(24-8-4-6-20-5-2-3-7-25(20)24)29-16-23-17-30-26-15-22(13-14-27(26)33-23)19-9-11-21(12-10-19)28(31)32;/h2-15,17-18,23,29H,16H2,1H3,(H,31,32);1H/t18-,23?;/m1./s1. The molecule has 0 saturated heterocycles. The highest BCUT2D eigenvalue weighted by Gasteiger charge is 2.18. The lowest BCUT2D eigenvalue weighted by Crippen LogP contribution is -2.35. The third-order valence-electron chi connectivity index (χ3n) is 6.00. The van der Waals surface area contributed by atoms with Crippen molar-refractivity contribution in [2.24, 2.45) is 4.99 Å². The molecule has 0 fully saturated rings. The Labute approximate surface area is 204 Å². The van der Waals surface area contributed by atoms with Crippen molar-refractivity contribution in [3.63, 3.8) is 0 Å². The Bertz CT molecular complexity index is 1350. The molecule has 1 aliphatic heterocycles. The first-order valence-corrected chi connectivity index (χ1v) is 11.0.